The average molecular weight is 282 g/mol. The average Bonchev–Trinajstić information content (AvgIpc) is 2.41. The zero-order valence-corrected chi connectivity index (χ0v) is 10.9. The molecule has 19 heavy (non-hydrogen) atoms. The first-order valence-corrected chi connectivity index (χ1v) is 6.09. The maximum Gasteiger partial charge on any atom is 0.142 e. The van der Waals surface area contributed by atoms with Crippen molar-refractivity contribution in [1.82, 2.24) is 0 Å². The normalized spacial score (nSPS) is 10.2. The lowest BCUT2D eigenvalue weighted by molar-refractivity contribution is 0.217. The molecule has 0 saturated carbocycles. The maximum absolute atomic E-state index is 12.9. The summed E-state index contributed by atoms with van der Waals surface area (Å²) in [6.07, 6.45) is 0. The van der Waals surface area contributed by atoms with Gasteiger partial charge in [0.25, 0.3) is 0 Å². The van der Waals surface area contributed by atoms with Gasteiger partial charge in [0, 0.05) is 11.8 Å². The Balaban J connectivity index is 1.77. The summed E-state index contributed by atoms with van der Waals surface area (Å²) in [4.78, 5) is 0. The van der Waals surface area contributed by atoms with Gasteiger partial charge in [0.05, 0.1) is 5.02 Å². The van der Waals surface area contributed by atoms with Crippen LogP contribution in [0.5, 0.6) is 11.5 Å². The summed E-state index contributed by atoms with van der Waals surface area (Å²) in [5.74, 6) is 0.759. The van der Waals surface area contributed by atoms with E-state index in [0.717, 1.165) is 5.75 Å². The van der Waals surface area contributed by atoms with Gasteiger partial charge in [-0.25, -0.2) is 4.39 Å². The van der Waals surface area contributed by atoms with Crippen molar-refractivity contribution in [3.63, 3.8) is 0 Å². The molecule has 0 radical (unpaired) electrons. The molecule has 2 aromatic rings. The number of hydrogen-bond donors (Lipinski definition) is 1. The second-order valence-corrected chi connectivity index (χ2v) is 4.25. The maximum atomic E-state index is 12.9. The Morgan fingerprint density at radius 3 is 2.16 bits per heavy atom. The van der Waals surface area contributed by atoms with Crippen molar-refractivity contribution in [3.8, 4) is 11.5 Å². The third kappa shape index (κ3) is 4.03. The summed E-state index contributed by atoms with van der Waals surface area (Å²) >= 11 is 5.64. The highest BCUT2D eigenvalue weighted by atomic mass is 35.5. The van der Waals surface area contributed by atoms with Crippen molar-refractivity contribution in [2.24, 2.45) is 0 Å². The van der Waals surface area contributed by atoms with Crippen LogP contribution in [0.1, 0.15) is 0 Å². The molecule has 0 bridgehead atoms. The Bertz CT molecular complexity index is 546. The molecule has 2 aromatic carbocycles. The zero-order chi connectivity index (χ0) is 13.7. The van der Waals surface area contributed by atoms with E-state index in [2.05, 4.69) is 0 Å². The number of halogens is 2. The summed E-state index contributed by atoms with van der Waals surface area (Å²) in [5.41, 5.74) is 6.25. The number of nitrogen functional groups attached to an aromatic ring is 1. The van der Waals surface area contributed by atoms with E-state index < -0.39 is 5.82 Å². The zero-order valence-electron chi connectivity index (χ0n) is 10.1. The third-order valence-corrected chi connectivity index (χ3v) is 2.68. The first-order valence-electron chi connectivity index (χ1n) is 5.71. The van der Waals surface area contributed by atoms with E-state index in [9.17, 15) is 4.39 Å². The number of anilines is 1. The molecule has 0 heterocycles. The number of hydrogen-bond acceptors (Lipinski definition) is 3. The summed E-state index contributed by atoms with van der Waals surface area (Å²) in [6, 6.07) is 11.3. The molecule has 0 aliphatic carbocycles. The van der Waals surface area contributed by atoms with Crippen molar-refractivity contribution in [2.75, 3.05) is 18.9 Å². The fraction of sp³-hybridized carbons (Fsp3) is 0.143. The molecule has 0 atom stereocenters. The Morgan fingerprint density at radius 1 is 0.947 bits per heavy atom. The Kier molecular flexibility index (Phi) is 4.47. The van der Waals surface area contributed by atoms with E-state index in [-0.39, 0.29) is 5.02 Å². The van der Waals surface area contributed by atoms with Crippen LogP contribution in [-0.2, 0) is 0 Å². The lowest BCUT2D eigenvalue weighted by Crippen LogP contribution is -2.09. The molecule has 0 amide bonds. The first kappa shape index (κ1) is 13.5. The van der Waals surface area contributed by atoms with Crippen molar-refractivity contribution in [1.29, 1.82) is 0 Å². The van der Waals surface area contributed by atoms with Gasteiger partial charge in [0.2, 0.25) is 0 Å². The van der Waals surface area contributed by atoms with Crippen LogP contribution in [0.4, 0.5) is 10.1 Å². The van der Waals surface area contributed by atoms with E-state index >= 15 is 0 Å². The monoisotopic (exact) mass is 281 g/mol. The number of rotatable bonds is 5. The van der Waals surface area contributed by atoms with Gasteiger partial charge in [0.15, 0.2) is 0 Å². The molecule has 0 aromatic heterocycles. The van der Waals surface area contributed by atoms with E-state index in [0.29, 0.717) is 24.7 Å². The van der Waals surface area contributed by atoms with Crippen LogP contribution in [0.2, 0.25) is 5.02 Å². The molecular formula is C14H13ClFNO2. The molecule has 5 heteroatoms. The van der Waals surface area contributed by atoms with Gasteiger partial charge >= 0.3 is 0 Å². The van der Waals surface area contributed by atoms with Gasteiger partial charge in [-0.05, 0) is 36.4 Å². The second kappa shape index (κ2) is 6.29. The SMILES string of the molecule is Nc1ccc(OCCOc2ccc(F)c(Cl)c2)cc1. The lowest BCUT2D eigenvalue weighted by Gasteiger charge is -2.09. The van der Waals surface area contributed by atoms with Crippen molar-refractivity contribution in [3.05, 3.63) is 53.3 Å². The fourth-order valence-corrected chi connectivity index (χ4v) is 1.62. The highest BCUT2D eigenvalue weighted by Gasteiger charge is 2.01. The quantitative estimate of drug-likeness (QED) is 0.674. The van der Waals surface area contributed by atoms with E-state index in [1.54, 1.807) is 24.3 Å². The summed E-state index contributed by atoms with van der Waals surface area (Å²) in [7, 11) is 0. The van der Waals surface area contributed by atoms with Crippen LogP contribution in [0.15, 0.2) is 42.5 Å². The van der Waals surface area contributed by atoms with Crippen LogP contribution in [0.25, 0.3) is 0 Å². The van der Waals surface area contributed by atoms with Crippen LogP contribution in [-0.4, -0.2) is 13.2 Å². The minimum atomic E-state index is -0.466. The molecule has 2 rings (SSSR count). The number of nitrogens with two attached hydrogens (primary N) is 1. The van der Waals surface area contributed by atoms with Crippen LogP contribution in [0.3, 0.4) is 0 Å². The van der Waals surface area contributed by atoms with Crippen molar-refractivity contribution < 1.29 is 13.9 Å². The molecule has 0 fully saturated rings. The van der Waals surface area contributed by atoms with Gasteiger partial charge < -0.3 is 15.2 Å². The predicted octanol–water partition coefficient (Wildman–Crippen LogP) is 3.52. The summed E-state index contributed by atoms with van der Waals surface area (Å²) < 4.78 is 23.8. The third-order valence-electron chi connectivity index (χ3n) is 2.39. The Morgan fingerprint density at radius 2 is 1.53 bits per heavy atom. The molecule has 0 spiro atoms. The minimum absolute atomic E-state index is 0.0388. The lowest BCUT2D eigenvalue weighted by atomic mass is 10.3. The minimum Gasteiger partial charge on any atom is -0.490 e. The summed E-state index contributed by atoms with van der Waals surface area (Å²) in [5, 5.41) is 0.0388. The largest absolute Gasteiger partial charge is 0.490 e. The molecule has 2 N–H and O–H groups in total. The molecule has 0 aliphatic heterocycles. The van der Waals surface area contributed by atoms with Gasteiger partial charge in [-0.15, -0.1) is 0 Å². The van der Waals surface area contributed by atoms with Crippen LogP contribution < -0.4 is 15.2 Å². The molecule has 3 nitrogen and oxygen atoms in total. The highest BCUT2D eigenvalue weighted by Crippen LogP contribution is 2.21. The number of benzene rings is 2. The van der Waals surface area contributed by atoms with Crippen LogP contribution in [0, 0.1) is 5.82 Å². The molecule has 100 valence electrons. The van der Waals surface area contributed by atoms with Crippen molar-refractivity contribution >= 4 is 17.3 Å². The molecule has 0 unspecified atom stereocenters. The van der Waals surface area contributed by atoms with Gasteiger partial charge in [-0.2, -0.15) is 0 Å². The molecule has 0 aliphatic rings. The second-order valence-electron chi connectivity index (χ2n) is 3.84. The Labute approximate surface area is 115 Å². The standard InChI is InChI=1S/C14H13ClFNO2/c15-13-9-12(5-6-14(13)16)19-8-7-18-11-3-1-10(17)2-4-11/h1-6,9H,7-8,17H2. The fourth-order valence-electron chi connectivity index (χ4n) is 1.45. The summed E-state index contributed by atoms with van der Waals surface area (Å²) in [6.45, 7) is 0.714. The van der Waals surface area contributed by atoms with Gasteiger partial charge in [-0.1, -0.05) is 11.6 Å². The van der Waals surface area contributed by atoms with E-state index in [1.807, 2.05) is 0 Å². The first-order chi connectivity index (χ1) is 9.15. The van der Waals surface area contributed by atoms with E-state index in [4.69, 9.17) is 26.8 Å². The van der Waals surface area contributed by atoms with Gasteiger partial charge in [-0.3, -0.25) is 0 Å². The number of ether oxygens (including phenoxy) is 2. The van der Waals surface area contributed by atoms with E-state index in [1.165, 1.54) is 18.2 Å². The molecule has 0 saturated heterocycles. The molecular weight excluding hydrogens is 269 g/mol. The predicted molar refractivity (Wildman–Crippen MR) is 73.3 cm³/mol. The van der Waals surface area contributed by atoms with Crippen LogP contribution >= 0.6 is 11.6 Å². The van der Waals surface area contributed by atoms with Crippen molar-refractivity contribution in [2.45, 2.75) is 0 Å². The van der Waals surface area contributed by atoms with Gasteiger partial charge in [0.1, 0.15) is 30.5 Å². The highest BCUT2D eigenvalue weighted by molar-refractivity contribution is 6.30. The topological polar surface area (TPSA) is 44.5 Å². The smallest absolute Gasteiger partial charge is 0.142 e. The Hall–Kier alpha value is -1.94.